The van der Waals surface area contributed by atoms with Crippen molar-refractivity contribution in [2.24, 2.45) is 0 Å². The van der Waals surface area contributed by atoms with Crippen molar-refractivity contribution in [3.63, 3.8) is 0 Å². The van der Waals surface area contributed by atoms with E-state index in [2.05, 4.69) is 5.32 Å². The summed E-state index contributed by atoms with van der Waals surface area (Å²) in [6, 6.07) is 5.71. The molecule has 1 aromatic carbocycles. The summed E-state index contributed by atoms with van der Waals surface area (Å²) in [5.41, 5.74) is 1.11. The second-order valence-corrected chi connectivity index (χ2v) is 4.85. The molecule has 0 saturated carbocycles. The summed E-state index contributed by atoms with van der Waals surface area (Å²) in [5, 5.41) is 4.07. The quantitative estimate of drug-likeness (QED) is 0.668. The first kappa shape index (κ1) is 16.3. The zero-order valence-electron chi connectivity index (χ0n) is 11.9. The van der Waals surface area contributed by atoms with Gasteiger partial charge in [0, 0.05) is 24.8 Å². The van der Waals surface area contributed by atoms with E-state index in [0.717, 1.165) is 50.5 Å². The van der Waals surface area contributed by atoms with Gasteiger partial charge in [0.05, 0.1) is 0 Å². The smallest absolute Gasteiger partial charge is 0.123 e. The molecule has 0 heterocycles. The Morgan fingerprint density at radius 3 is 2.79 bits per heavy atom. The highest BCUT2D eigenvalue weighted by Crippen LogP contribution is 2.22. The van der Waals surface area contributed by atoms with Crippen molar-refractivity contribution in [2.45, 2.75) is 26.7 Å². The van der Waals surface area contributed by atoms with Crippen LogP contribution in [-0.2, 0) is 4.74 Å². The van der Waals surface area contributed by atoms with E-state index in [1.54, 1.807) is 0 Å². The lowest BCUT2D eigenvalue weighted by molar-refractivity contribution is 0.143. The third kappa shape index (κ3) is 7.41. The number of ether oxygens (including phenoxy) is 2. The molecular formula is C15H24ClNO2. The van der Waals surface area contributed by atoms with Gasteiger partial charge in [-0.25, -0.2) is 0 Å². The van der Waals surface area contributed by atoms with Crippen LogP contribution >= 0.6 is 11.6 Å². The van der Waals surface area contributed by atoms with Crippen LogP contribution < -0.4 is 10.1 Å². The topological polar surface area (TPSA) is 30.5 Å². The first-order valence-electron chi connectivity index (χ1n) is 6.91. The van der Waals surface area contributed by atoms with Gasteiger partial charge in [0.15, 0.2) is 0 Å². The molecule has 19 heavy (non-hydrogen) atoms. The molecule has 0 radical (unpaired) electrons. The Morgan fingerprint density at radius 1 is 1.16 bits per heavy atom. The molecule has 0 aromatic heterocycles. The highest BCUT2D eigenvalue weighted by Gasteiger charge is 2.00. The number of hydrogen-bond acceptors (Lipinski definition) is 3. The zero-order valence-corrected chi connectivity index (χ0v) is 12.6. The fourth-order valence-electron chi connectivity index (χ4n) is 1.69. The second kappa shape index (κ2) is 10.1. The molecule has 0 atom stereocenters. The first-order valence-corrected chi connectivity index (χ1v) is 7.29. The van der Waals surface area contributed by atoms with Gasteiger partial charge in [0.2, 0.25) is 0 Å². The van der Waals surface area contributed by atoms with Crippen LogP contribution in [0.15, 0.2) is 18.2 Å². The van der Waals surface area contributed by atoms with Crippen molar-refractivity contribution < 1.29 is 9.47 Å². The van der Waals surface area contributed by atoms with Gasteiger partial charge >= 0.3 is 0 Å². The number of benzene rings is 1. The minimum Gasteiger partial charge on any atom is -0.492 e. The number of nitrogens with one attached hydrogen (secondary N) is 1. The molecule has 0 aliphatic rings. The Morgan fingerprint density at radius 2 is 2.00 bits per heavy atom. The van der Waals surface area contributed by atoms with Crippen molar-refractivity contribution in [2.75, 3.05) is 32.9 Å². The van der Waals surface area contributed by atoms with Gasteiger partial charge in [-0.1, -0.05) is 17.7 Å². The largest absolute Gasteiger partial charge is 0.492 e. The Bertz CT molecular complexity index is 358. The van der Waals surface area contributed by atoms with Gasteiger partial charge in [0.25, 0.3) is 0 Å². The molecule has 1 aromatic rings. The van der Waals surface area contributed by atoms with Crippen LogP contribution in [0, 0.1) is 6.92 Å². The van der Waals surface area contributed by atoms with E-state index in [0.29, 0.717) is 11.6 Å². The van der Waals surface area contributed by atoms with Crippen molar-refractivity contribution in [3.8, 4) is 5.75 Å². The van der Waals surface area contributed by atoms with E-state index in [-0.39, 0.29) is 0 Å². The normalized spacial score (nSPS) is 10.7. The Balaban J connectivity index is 2.03. The molecule has 3 nitrogen and oxygen atoms in total. The third-order valence-electron chi connectivity index (χ3n) is 2.78. The monoisotopic (exact) mass is 285 g/mol. The summed E-state index contributed by atoms with van der Waals surface area (Å²) >= 11 is 5.93. The summed E-state index contributed by atoms with van der Waals surface area (Å²) < 4.78 is 11.0. The van der Waals surface area contributed by atoms with Crippen LogP contribution in [0.4, 0.5) is 0 Å². The molecule has 0 aliphatic heterocycles. The fourth-order valence-corrected chi connectivity index (χ4v) is 1.85. The van der Waals surface area contributed by atoms with Crippen LogP contribution in [0.2, 0.25) is 5.02 Å². The molecule has 0 saturated heterocycles. The molecule has 0 spiro atoms. The zero-order chi connectivity index (χ0) is 13.9. The molecule has 1 N–H and O–H groups in total. The van der Waals surface area contributed by atoms with Crippen molar-refractivity contribution in [3.05, 3.63) is 28.8 Å². The Hall–Kier alpha value is -0.770. The van der Waals surface area contributed by atoms with E-state index >= 15 is 0 Å². The predicted molar refractivity (Wildman–Crippen MR) is 80.3 cm³/mol. The summed E-state index contributed by atoms with van der Waals surface area (Å²) in [6.45, 7) is 8.22. The summed E-state index contributed by atoms with van der Waals surface area (Å²) in [7, 11) is 0. The van der Waals surface area contributed by atoms with Gasteiger partial charge in [-0.2, -0.15) is 0 Å². The molecule has 0 bridgehead atoms. The fraction of sp³-hybridized carbons (Fsp3) is 0.600. The first-order chi connectivity index (χ1) is 9.24. The second-order valence-electron chi connectivity index (χ2n) is 4.41. The van der Waals surface area contributed by atoms with Crippen LogP contribution in [-0.4, -0.2) is 32.9 Å². The highest BCUT2D eigenvalue weighted by atomic mass is 35.5. The summed E-state index contributed by atoms with van der Waals surface area (Å²) in [5.74, 6) is 0.866. The Kier molecular flexibility index (Phi) is 8.63. The van der Waals surface area contributed by atoms with Gasteiger partial charge in [0.1, 0.15) is 12.4 Å². The minimum atomic E-state index is 0.659. The molecule has 108 valence electrons. The van der Waals surface area contributed by atoms with Gasteiger partial charge in [-0.15, -0.1) is 0 Å². The maximum Gasteiger partial charge on any atom is 0.123 e. The summed E-state index contributed by atoms with van der Waals surface area (Å²) in [6.07, 6.45) is 2.24. The molecule has 1 rings (SSSR count). The average Bonchev–Trinajstić information content (AvgIpc) is 2.40. The molecule has 0 unspecified atom stereocenters. The number of unbranched alkanes of at least 4 members (excludes halogenated alkanes) is 1. The van der Waals surface area contributed by atoms with Gasteiger partial charge in [-0.05, 0) is 50.9 Å². The van der Waals surface area contributed by atoms with Gasteiger partial charge in [-0.3, -0.25) is 0 Å². The third-order valence-corrected chi connectivity index (χ3v) is 3.02. The van der Waals surface area contributed by atoms with Crippen LogP contribution in [0.3, 0.4) is 0 Å². The van der Waals surface area contributed by atoms with Gasteiger partial charge < -0.3 is 14.8 Å². The predicted octanol–water partition coefficient (Wildman–Crippen LogP) is 3.43. The van der Waals surface area contributed by atoms with Crippen molar-refractivity contribution >= 4 is 11.6 Å². The van der Waals surface area contributed by atoms with Crippen molar-refractivity contribution in [1.82, 2.24) is 5.32 Å². The maximum atomic E-state index is 5.93. The lowest BCUT2D eigenvalue weighted by Gasteiger charge is -2.10. The number of aryl methyl sites for hydroxylation is 1. The van der Waals surface area contributed by atoms with E-state index in [1.807, 2.05) is 32.0 Å². The SMILES string of the molecule is CCOCCCCNCCOc1cc(Cl)ccc1C. The minimum absolute atomic E-state index is 0.659. The highest BCUT2D eigenvalue weighted by molar-refractivity contribution is 6.30. The molecule has 0 fully saturated rings. The Labute approximate surface area is 121 Å². The maximum absolute atomic E-state index is 5.93. The van der Waals surface area contributed by atoms with E-state index in [4.69, 9.17) is 21.1 Å². The van der Waals surface area contributed by atoms with E-state index in [1.165, 1.54) is 0 Å². The number of halogens is 1. The standard InChI is InChI=1S/C15H24ClNO2/c1-3-18-10-5-4-8-17-9-11-19-15-12-14(16)7-6-13(15)2/h6-7,12,17H,3-5,8-11H2,1-2H3. The van der Waals surface area contributed by atoms with Crippen molar-refractivity contribution in [1.29, 1.82) is 0 Å². The molecule has 4 heteroatoms. The van der Waals surface area contributed by atoms with E-state index < -0.39 is 0 Å². The van der Waals surface area contributed by atoms with E-state index in [9.17, 15) is 0 Å². The molecular weight excluding hydrogens is 262 g/mol. The van der Waals surface area contributed by atoms with Crippen LogP contribution in [0.1, 0.15) is 25.3 Å². The molecule has 0 amide bonds. The lowest BCUT2D eigenvalue weighted by atomic mass is 10.2. The lowest BCUT2D eigenvalue weighted by Crippen LogP contribution is -2.22. The average molecular weight is 286 g/mol. The number of hydrogen-bond donors (Lipinski definition) is 1. The number of rotatable bonds is 10. The van der Waals surface area contributed by atoms with Crippen LogP contribution in [0.25, 0.3) is 0 Å². The van der Waals surface area contributed by atoms with Crippen LogP contribution in [0.5, 0.6) is 5.75 Å². The summed E-state index contributed by atoms with van der Waals surface area (Å²) in [4.78, 5) is 0. The molecule has 0 aliphatic carbocycles.